The molecule has 0 bridgehead atoms. The van der Waals surface area contributed by atoms with E-state index >= 15 is 0 Å². The minimum absolute atomic E-state index is 0.0390. The van der Waals surface area contributed by atoms with Gasteiger partial charge in [0.15, 0.2) is 0 Å². The van der Waals surface area contributed by atoms with E-state index in [-0.39, 0.29) is 12.1 Å². The van der Waals surface area contributed by atoms with Crippen LogP contribution in [0.25, 0.3) is 0 Å². The smallest absolute Gasteiger partial charge is 0.410 e. The molecule has 0 aliphatic carbocycles. The predicted octanol–water partition coefficient (Wildman–Crippen LogP) is 2.81. The van der Waals surface area contributed by atoms with Crippen LogP contribution in [-0.2, 0) is 16.0 Å². The maximum Gasteiger partial charge on any atom is 0.410 e. The van der Waals surface area contributed by atoms with Gasteiger partial charge < -0.3 is 19.5 Å². The first-order chi connectivity index (χ1) is 11.9. The van der Waals surface area contributed by atoms with Gasteiger partial charge in [-0.1, -0.05) is 18.2 Å². The van der Waals surface area contributed by atoms with Crippen LogP contribution in [0.15, 0.2) is 24.3 Å². The maximum atomic E-state index is 12.4. The Labute approximate surface area is 150 Å². The summed E-state index contributed by atoms with van der Waals surface area (Å²) in [4.78, 5) is 14.2. The van der Waals surface area contributed by atoms with Gasteiger partial charge in [-0.05, 0) is 33.8 Å². The van der Waals surface area contributed by atoms with Gasteiger partial charge in [0.25, 0.3) is 0 Å². The molecule has 1 aromatic rings. The monoisotopic (exact) mass is 350 g/mol. The number of ether oxygens (including phenoxy) is 3. The van der Waals surface area contributed by atoms with Crippen molar-refractivity contribution in [2.24, 2.45) is 0 Å². The van der Waals surface area contributed by atoms with Crippen molar-refractivity contribution in [1.82, 2.24) is 10.2 Å². The fraction of sp³-hybridized carbons (Fsp3) is 0.632. The van der Waals surface area contributed by atoms with Crippen molar-refractivity contribution >= 4 is 6.09 Å². The third-order valence-electron chi connectivity index (χ3n) is 3.82. The van der Waals surface area contributed by atoms with Crippen molar-refractivity contribution in [1.29, 1.82) is 0 Å². The van der Waals surface area contributed by atoms with Gasteiger partial charge in [-0.3, -0.25) is 4.90 Å². The van der Waals surface area contributed by atoms with Gasteiger partial charge in [0, 0.05) is 25.2 Å². The summed E-state index contributed by atoms with van der Waals surface area (Å²) in [5.74, 6) is 0.890. The van der Waals surface area contributed by atoms with Crippen LogP contribution in [0.2, 0.25) is 0 Å². The molecule has 2 rings (SSSR count). The van der Waals surface area contributed by atoms with Crippen LogP contribution < -0.4 is 10.1 Å². The Morgan fingerprint density at radius 1 is 1.36 bits per heavy atom. The molecule has 6 heteroatoms. The average Bonchev–Trinajstić information content (AvgIpc) is 2.55. The molecule has 1 atom stereocenters. The minimum atomic E-state index is -0.496. The topological polar surface area (TPSA) is 60.0 Å². The van der Waals surface area contributed by atoms with E-state index in [2.05, 4.69) is 5.32 Å². The van der Waals surface area contributed by atoms with Gasteiger partial charge in [-0.25, -0.2) is 4.79 Å². The number of para-hydroxylation sites is 1. The molecular weight excluding hydrogens is 320 g/mol. The largest absolute Gasteiger partial charge is 0.494 e. The van der Waals surface area contributed by atoms with E-state index < -0.39 is 5.60 Å². The highest BCUT2D eigenvalue weighted by molar-refractivity contribution is 5.68. The van der Waals surface area contributed by atoms with Crippen molar-refractivity contribution in [2.75, 3.05) is 32.9 Å². The number of amides is 1. The Morgan fingerprint density at radius 3 is 2.84 bits per heavy atom. The summed E-state index contributed by atoms with van der Waals surface area (Å²) in [6, 6.07) is 7.94. The van der Waals surface area contributed by atoms with Crippen LogP contribution in [0.1, 0.15) is 33.3 Å². The minimum Gasteiger partial charge on any atom is -0.494 e. The third-order valence-corrected chi connectivity index (χ3v) is 3.82. The van der Waals surface area contributed by atoms with E-state index in [0.717, 1.165) is 11.3 Å². The summed E-state index contributed by atoms with van der Waals surface area (Å²) in [5, 5.41) is 3.41. The summed E-state index contributed by atoms with van der Waals surface area (Å²) in [7, 11) is 0. The van der Waals surface area contributed by atoms with Gasteiger partial charge >= 0.3 is 6.09 Å². The number of hydrogen-bond acceptors (Lipinski definition) is 5. The Morgan fingerprint density at radius 2 is 2.12 bits per heavy atom. The molecule has 0 saturated carbocycles. The molecule has 1 saturated heterocycles. The molecule has 1 amide bonds. The van der Waals surface area contributed by atoms with Crippen molar-refractivity contribution in [2.45, 2.75) is 45.9 Å². The first-order valence-corrected chi connectivity index (χ1v) is 8.89. The molecular formula is C19H30N2O4. The standard InChI is InChI=1S/C19H30N2O4/c1-5-24-17-9-7-6-8-15(17)12-20-13-16-14-23-11-10-21(16)18(22)25-19(2,3)4/h6-9,16,20H,5,10-14H2,1-4H3. The lowest BCUT2D eigenvalue weighted by atomic mass is 10.2. The van der Waals surface area contributed by atoms with E-state index in [1.807, 2.05) is 52.0 Å². The van der Waals surface area contributed by atoms with Crippen LogP contribution >= 0.6 is 0 Å². The number of hydrogen-bond donors (Lipinski definition) is 1. The lowest BCUT2D eigenvalue weighted by Crippen LogP contribution is -2.54. The highest BCUT2D eigenvalue weighted by atomic mass is 16.6. The average molecular weight is 350 g/mol. The predicted molar refractivity (Wildman–Crippen MR) is 96.9 cm³/mol. The van der Waals surface area contributed by atoms with Crippen LogP contribution in [0, 0.1) is 0 Å². The normalized spacial score (nSPS) is 18.1. The quantitative estimate of drug-likeness (QED) is 0.855. The van der Waals surface area contributed by atoms with E-state index in [0.29, 0.717) is 39.5 Å². The van der Waals surface area contributed by atoms with Crippen LogP contribution in [0.4, 0.5) is 4.79 Å². The fourth-order valence-electron chi connectivity index (χ4n) is 2.70. The molecule has 1 aliphatic rings. The van der Waals surface area contributed by atoms with E-state index in [9.17, 15) is 4.79 Å². The number of carbonyl (C=O) groups is 1. The summed E-state index contributed by atoms with van der Waals surface area (Å²) in [5.41, 5.74) is 0.606. The van der Waals surface area contributed by atoms with Gasteiger partial charge in [-0.2, -0.15) is 0 Å². The number of benzene rings is 1. The SMILES string of the molecule is CCOc1ccccc1CNCC1COCCN1C(=O)OC(C)(C)C. The van der Waals surface area contributed by atoms with Gasteiger partial charge in [0.2, 0.25) is 0 Å². The number of nitrogens with zero attached hydrogens (tertiary/aromatic N) is 1. The van der Waals surface area contributed by atoms with E-state index in [1.165, 1.54) is 0 Å². The van der Waals surface area contributed by atoms with Crippen molar-refractivity contribution in [3.63, 3.8) is 0 Å². The summed E-state index contributed by atoms with van der Waals surface area (Å²) in [6.45, 7) is 11.2. The highest BCUT2D eigenvalue weighted by Gasteiger charge is 2.30. The number of nitrogens with one attached hydrogen (secondary N) is 1. The molecule has 1 unspecified atom stereocenters. The van der Waals surface area contributed by atoms with Crippen LogP contribution in [0.5, 0.6) is 5.75 Å². The zero-order valence-electron chi connectivity index (χ0n) is 15.7. The number of carbonyl (C=O) groups excluding carboxylic acids is 1. The van der Waals surface area contributed by atoms with Crippen LogP contribution in [0.3, 0.4) is 0 Å². The Balaban J connectivity index is 1.90. The molecule has 0 aromatic heterocycles. The lowest BCUT2D eigenvalue weighted by molar-refractivity contribution is -0.0317. The summed E-state index contributed by atoms with van der Waals surface area (Å²) >= 11 is 0. The van der Waals surface area contributed by atoms with Gasteiger partial charge in [-0.15, -0.1) is 0 Å². The molecule has 1 aliphatic heterocycles. The first-order valence-electron chi connectivity index (χ1n) is 8.89. The second kappa shape index (κ2) is 9.06. The van der Waals surface area contributed by atoms with Gasteiger partial charge in [0.05, 0.1) is 25.9 Å². The Kier molecular flexibility index (Phi) is 7.08. The Hall–Kier alpha value is -1.79. The molecule has 0 radical (unpaired) electrons. The second-order valence-electron chi connectivity index (χ2n) is 7.07. The van der Waals surface area contributed by atoms with E-state index in [4.69, 9.17) is 14.2 Å². The highest BCUT2D eigenvalue weighted by Crippen LogP contribution is 2.18. The third kappa shape index (κ3) is 6.21. The molecule has 6 nitrogen and oxygen atoms in total. The van der Waals surface area contributed by atoms with Gasteiger partial charge in [0.1, 0.15) is 11.4 Å². The van der Waals surface area contributed by atoms with Crippen molar-refractivity contribution in [3.05, 3.63) is 29.8 Å². The molecule has 1 N–H and O–H groups in total. The fourth-order valence-corrected chi connectivity index (χ4v) is 2.70. The van der Waals surface area contributed by atoms with E-state index in [1.54, 1.807) is 4.90 Å². The number of morpholine rings is 1. The maximum absolute atomic E-state index is 12.4. The molecule has 140 valence electrons. The summed E-state index contributed by atoms with van der Waals surface area (Å²) in [6.07, 6.45) is -0.280. The molecule has 0 spiro atoms. The lowest BCUT2D eigenvalue weighted by Gasteiger charge is -2.36. The van der Waals surface area contributed by atoms with Crippen molar-refractivity contribution < 1.29 is 19.0 Å². The number of rotatable bonds is 6. The zero-order chi connectivity index (χ0) is 18.3. The van der Waals surface area contributed by atoms with Crippen LogP contribution in [-0.4, -0.2) is 55.5 Å². The zero-order valence-corrected chi connectivity index (χ0v) is 15.7. The molecule has 1 heterocycles. The molecule has 25 heavy (non-hydrogen) atoms. The second-order valence-corrected chi connectivity index (χ2v) is 7.07. The molecule has 1 aromatic carbocycles. The van der Waals surface area contributed by atoms with Crippen molar-refractivity contribution in [3.8, 4) is 5.75 Å². The Bertz CT molecular complexity index is 557. The first kappa shape index (κ1) is 19.5. The summed E-state index contributed by atoms with van der Waals surface area (Å²) < 4.78 is 16.7. The molecule has 1 fully saturated rings.